The van der Waals surface area contributed by atoms with Gasteiger partial charge in [0.2, 0.25) is 5.09 Å². The van der Waals surface area contributed by atoms with E-state index in [4.69, 9.17) is 25.9 Å². The first-order valence-electron chi connectivity index (χ1n) is 9.68. The van der Waals surface area contributed by atoms with Gasteiger partial charge < -0.3 is 14.3 Å². The van der Waals surface area contributed by atoms with Gasteiger partial charge >= 0.3 is 5.97 Å². The van der Waals surface area contributed by atoms with Crippen molar-refractivity contribution in [1.29, 1.82) is 0 Å². The van der Waals surface area contributed by atoms with E-state index in [1.165, 1.54) is 28.8 Å². The van der Waals surface area contributed by atoms with Crippen LogP contribution in [0.1, 0.15) is 25.0 Å². The van der Waals surface area contributed by atoms with Crippen molar-refractivity contribution < 1.29 is 27.5 Å². The highest BCUT2D eigenvalue weighted by Crippen LogP contribution is 2.36. The SMILES string of the molecule is CC(C)N(c1ccc(Cl)cc1OCc1ccc(/C=C/C(=O)O)cc1)S(=O)(=O)c1ccco1. The van der Waals surface area contributed by atoms with Crippen molar-refractivity contribution in [1.82, 2.24) is 0 Å². The molecule has 0 aliphatic heterocycles. The number of aliphatic carboxylic acids is 1. The second kappa shape index (κ2) is 9.93. The van der Waals surface area contributed by atoms with Crippen LogP contribution in [-0.4, -0.2) is 25.5 Å². The molecule has 9 heteroatoms. The third-order valence-corrected chi connectivity index (χ3v) is 6.54. The number of carboxylic acids is 1. The standard InChI is InChI=1S/C23H22ClNO6S/c1-16(2)25(32(28,29)23-4-3-13-30-23)20-11-10-19(24)14-21(20)31-15-18-7-5-17(6-8-18)9-12-22(26)27/h3-14,16H,15H2,1-2H3,(H,26,27)/b12-9+. The van der Waals surface area contributed by atoms with Crippen molar-refractivity contribution >= 4 is 39.4 Å². The number of ether oxygens (including phenoxy) is 1. The number of nitrogens with zero attached hydrogens (tertiary/aromatic N) is 1. The molecule has 0 fully saturated rings. The van der Waals surface area contributed by atoms with Gasteiger partial charge in [-0.2, -0.15) is 8.42 Å². The van der Waals surface area contributed by atoms with Crippen LogP contribution in [0.15, 0.2) is 76.4 Å². The quantitative estimate of drug-likeness (QED) is 0.426. The Morgan fingerprint density at radius 2 is 1.91 bits per heavy atom. The highest BCUT2D eigenvalue weighted by molar-refractivity contribution is 7.92. The summed E-state index contributed by atoms with van der Waals surface area (Å²) in [5.74, 6) is -0.721. The summed E-state index contributed by atoms with van der Waals surface area (Å²) in [7, 11) is -3.96. The highest BCUT2D eigenvalue weighted by Gasteiger charge is 2.32. The molecule has 0 amide bonds. The van der Waals surface area contributed by atoms with E-state index in [0.29, 0.717) is 16.5 Å². The molecule has 0 radical (unpaired) electrons. The van der Waals surface area contributed by atoms with Gasteiger partial charge in [-0.25, -0.2) is 4.79 Å². The normalized spacial score (nSPS) is 11.8. The monoisotopic (exact) mass is 475 g/mol. The molecule has 0 spiro atoms. The van der Waals surface area contributed by atoms with Crippen molar-refractivity contribution in [3.05, 3.63) is 83.1 Å². The average molecular weight is 476 g/mol. The van der Waals surface area contributed by atoms with E-state index >= 15 is 0 Å². The molecule has 3 aromatic rings. The maximum absolute atomic E-state index is 13.2. The smallest absolute Gasteiger partial charge is 0.328 e. The number of furan rings is 1. The summed E-state index contributed by atoms with van der Waals surface area (Å²) in [5, 5.41) is 8.95. The molecular formula is C23H22ClNO6S. The lowest BCUT2D eigenvalue weighted by atomic mass is 10.1. The number of carbonyl (C=O) groups is 1. The summed E-state index contributed by atoms with van der Waals surface area (Å²) in [6.07, 6.45) is 3.85. The van der Waals surface area contributed by atoms with Crippen molar-refractivity contribution in [3.63, 3.8) is 0 Å². The first-order chi connectivity index (χ1) is 15.2. The average Bonchev–Trinajstić information content (AvgIpc) is 3.28. The minimum atomic E-state index is -3.96. The Hall–Kier alpha value is -3.23. The van der Waals surface area contributed by atoms with E-state index in [9.17, 15) is 13.2 Å². The first-order valence-corrected chi connectivity index (χ1v) is 11.5. The van der Waals surface area contributed by atoms with Crippen LogP contribution in [0.25, 0.3) is 6.08 Å². The van der Waals surface area contributed by atoms with Crippen molar-refractivity contribution in [2.45, 2.75) is 31.6 Å². The molecule has 168 valence electrons. The van der Waals surface area contributed by atoms with E-state index in [0.717, 1.165) is 17.2 Å². The van der Waals surface area contributed by atoms with Gasteiger partial charge in [0.1, 0.15) is 12.4 Å². The molecule has 0 saturated heterocycles. The Labute approximate surface area is 191 Å². The lowest BCUT2D eigenvalue weighted by Gasteiger charge is -2.28. The molecule has 1 N–H and O–H groups in total. The van der Waals surface area contributed by atoms with Crippen molar-refractivity contribution in [2.75, 3.05) is 4.31 Å². The van der Waals surface area contributed by atoms with Gasteiger partial charge in [0.15, 0.2) is 0 Å². The second-order valence-electron chi connectivity index (χ2n) is 7.14. The van der Waals surface area contributed by atoms with Gasteiger partial charge in [0.05, 0.1) is 12.0 Å². The van der Waals surface area contributed by atoms with E-state index in [2.05, 4.69) is 0 Å². The summed E-state index contributed by atoms with van der Waals surface area (Å²) < 4.78 is 38.7. The molecule has 0 unspecified atom stereocenters. The molecule has 0 saturated carbocycles. The molecule has 0 bridgehead atoms. The predicted octanol–water partition coefficient (Wildman–Crippen LogP) is 5.21. The maximum atomic E-state index is 13.2. The number of carboxylic acid groups (broad SMARTS) is 1. The highest BCUT2D eigenvalue weighted by atomic mass is 35.5. The minimum absolute atomic E-state index is 0.156. The molecule has 32 heavy (non-hydrogen) atoms. The van der Waals surface area contributed by atoms with E-state index in [1.54, 1.807) is 56.3 Å². The molecule has 2 aromatic carbocycles. The lowest BCUT2D eigenvalue weighted by Crippen LogP contribution is -2.37. The van der Waals surface area contributed by atoms with Crippen LogP contribution >= 0.6 is 11.6 Å². The van der Waals surface area contributed by atoms with Gasteiger partial charge in [-0.3, -0.25) is 4.31 Å². The topological polar surface area (TPSA) is 97.0 Å². The number of halogens is 1. The summed E-state index contributed by atoms with van der Waals surface area (Å²) in [6.45, 7) is 3.66. The number of anilines is 1. The Kier molecular flexibility index (Phi) is 7.27. The zero-order chi connectivity index (χ0) is 23.3. The summed E-state index contributed by atoms with van der Waals surface area (Å²) in [4.78, 5) is 10.6. The van der Waals surface area contributed by atoms with Crippen LogP contribution in [0.4, 0.5) is 5.69 Å². The van der Waals surface area contributed by atoms with E-state index in [1.807, 2.05) is 0 Å². The number of hydrogen-bond donors (Lipinski definition) is 1. The molecule has 0 atom stereocenters. The van der Waals surface area contributed by atoms with E-state index < -0.39 is 22.0 Å². The molecule has 1 heterocycles. The number of rotatable bonds is 9. The summed E-state index contributed by atoms with van der Waals surface area (Å²) in [6, 6.07) is 14.4. The zero-order valence-corrected chi connectivity index (χ0v) is 19.0. The van der Waals surface area contributed by atoms with Gasteiger partial charge in [-0.15, -0.1) is 0 Å². The van der Waals surface area contributed by atoms with Gasteiger partial charge in [-0.1, -0.05) is 35.9 Å². The molecule has 1 aromatic heterocycles. The summed E-state index contributed by atoms with van der Waals surface area (Å²) >= 11 is 6.16. The molecule has 0 aliphatic rings. The summed E-state index contributed by atoms with van der Waals surface area (Å²) in [5.41, 5.74) is 1.88. The van der Waals surface area contributed by atoms with Gasteiger partial charge in [-0.05, 0) is 55.3 Å². The van der Waals surface area contributed by atoms with E-state index in [-0.39, 0.29) is 11.7 Å². The van der Waals surface area contributed by atoms with Crippen LogP contribution < -0.4 is 9.04 Å². The minimum Gasteiger partial charge on any atom is -0.487 e. The third-order valence-electron chi connectivity index (χ3n) is 4.43. The third kappa shape index (κ3) is 5.52. The van der Waals surface area contributed by atoms with Gasteiger partial charge in [0.25, 0.3) is 10.0 Å². The maximum Gasteiger partial charge on any atom is 0.328 e. The van der Waals surface area contributed by atoms with Crippen molar-refractivity contribution in [2.24, 2.45) is 0 Å². The fraction of sp³-hybridized carbons (Fsp3) is 0.174. The fourth-order valence-corrected chi connectivity index (χ4v) is 4.78. The largest absolute Gasteiger partial charge is 0.487 e. The molecular weight excluding hydrogens is 454 g/mol. The van der Waals surface area contributed by atoms with Crippen LogP contribution in [0.3, 0.4) is 0 Å². The number of sulfonamides is 1. The van der Waals surface area contributed by atoms with Crippen LogP contribution in [-0.2, 0) is 21.4 Å². The second-order valence-corrected chi connectivity index (χ2v) is 9.32. The molecule has 7 nitrogen and oxygen atoms in total. The van der Waals surface area contributed by atoms with Gasteiger partial charge in [0, 0.05) is 23.2 Å². The molecule has 0 aliphatic carbocycles. The number of benzene rings is 2. The fourth-order valence-electron chi connectivity index (χ4n) is 3.03. The Morgan fingerprint density at radius 3 is 2.50 bits per heavy atom. The first kappa shape index (κ1) is 23.4. The Balaban J connectivity index is 1.88. The van der Waals surface area contributed by atoms with Crippen LogP contribution in [0, 0.1) is 0 Å². The number of hydrogen-bond acceptors (Lipinski definition) is 5. The predicted molar refractivity (Wildman–Crippen MR) is 122 cm³/mol. The Bertz CT molecular complexity index is 1200. The zero-order valence-electron chi connectivity index (χ0n) is 17.4. The van der Waals surface area contributed by atoms with Crippen LogP contribution in [0.2, 0.25) is 5.02 Å². The lowest BCUT2D eigenvalue weighted by molar-refractivity contribution is -0.131. The molecule has 3 rings (SSSR count). The van der Waals surface area contributed by atoms with Crippen molar-refractivity contribution in [3.8, 4) is 5.75 Å². The Morgan fingerprint density at radius 1 is 1.19 bits per heavy atom. The van der Waals surface area contributed by atoms with Crippen LogP contribution in [0.5, 0.6) is 5.75 Å².